The summed E-state index contributed by atoms with van der Waals surface area (Å²) < 4.78 is 8.07. The molecule has 0 radical (unpaired) electrons. The highest BCUT2D eigenvalue weighted by molar-refractivity contribution is 7.09. The fourth-order valence-electron chi connectivity index (χ4n) is 4.60. The van der Waals surface area contributed by atoms with Gasteiger partial charge in [0, 0.05) is 12.5 Å². The molecule has 7 heteroatoms. The Hall–Kier alpha value is -1.89. The number of nitrogens with one attached hydrogen (secondary N) is 1. The molecule has 0 aliphatic rings. The third-order valence-corrected chi connectivity index (χ3v) is 8.09. The summed E-state index contributed by atoms with van der Waals surface area (Å²) in [7, 11) is 0. The van der Waals surface area contributed by atoms with Gasteiger partial charge in [-0.05, 0) is 30.7 Å². The fourth-order valence-corrected chi connectivity index (χ4v) is 5.52. The molecular weight excluding hydrogens is 592 g/mol. The van der Waals surface area contributed by atoms with Crippen molar-refractivity contribution in [2.24, 2.45) is 0 Å². The Balaban J connectivity index is 0.00000533. The number of aryl methyl sites for hydroxylation is 1. The lowest BCUT2D eigenvalue weighted by Gasteiger charge is -2.12. The van der Waals surface area contributed by atoms with Crippen molar-refractivity contribution in [2.45, 2.75) is 97.4 Å². The standard InChI is InChI=1S/C32H43ClN2O2S.BrH/c1-3-4-5-6-7-8-9-10-11-12-13-16-22-37-28-19-20-29(30(33)24-28)32(36)34-31-18-15-14-17-27(31)25-35-21-23-38-26(35)2;/h14-15,17-21,23-24H,3-13,16,22,25H2,1-2H3;1H. The second-order valence-corrected chi connectivity index (χ2v) is 11.5. The van der Waals surface area contributed by atoms with Gasteiger partial charge in [0.25, 0.3) is 5.91 Å². The van der Waals surface area contributed by atoms with Crippen molar-refractivity contribution in [3.63, 3.8) is 0 Å². The topological polar surface area (TPSA) is 42.2 Å². The first-order valence-electron chi connectivity index (χ1n) is 14.3. The van der Waals surface area contributed by atoms with Crippen molar-refractivity contribution < 1.29 is 31.1 Å². The third-order valence-electron chi connectivity index (χ3n) is 6.94. The van der Waals surface area contributed by atoms with Crippen molar-refractivity contribution in [1.29, 1.82) is 0 Å². The van der Waals surface area contributed by atoms with Crippen LogP contribution in [0.15, 0.2) is 54.0 Å². The van der Waals surface area contributed by atoms with Gasteiger partial charge in [0.05, 0.1) is 28.3 Å². The van der Waals surface area contributed by atoms with Crippen LogP contribution in [0.25, 0.3) is 0 Å². The fraction of sp³-hybridized carbons (Fsp3) is 0.500. The number of hydrogen-bond donors (Lipinski definition) is 1. The molecule has 0 saturated carbocycles. The van der Waals surface area contributed by atoms with Crippen LogP contribution in [0.4, 0.5) is 5.69 Å². The molecule has 39 heavy (non-hydrogen) atoms. The van der Waals surface area contributed by atoms with Gasteiger partial charge < -0.3 is 27.0 Å². The monoisotopic (exact) mass is 634 g/mol. The van der Waals surface area contributed by atoms with Crippen molar-refractivity contribution in [2.75, 3.05) is 11.9 Å². The smallest absolute Gasteiger partial charge is 0.257 e. The SMILES string of the molecule is CCCCCCCCCCCCCCOc1ccc(C(=O)Nc2ccccc2C[n+]2ccsc2C)c(Cl)c1.[Br-]. The van der Waals surface area contributed by atoms with Gasteiger partial charge in [0.15, 0.2) is 12.7 Å². The van der Waals surface area contributed by atoms with E-state index in [1.807, 2.05) is 30.3 Å². The molecule has 0 aliphatic heterocycles. The summed E-state index contributed by atoms with van der Waals surface area (Å²) in [5.74, 6) is 0.487. The predicted molar refractivity (Wildman–Crippen MR) is 161 cm³/mol. The third kappa shape index (κ3) is 12.0. The summed E-state index contributed by atoms with van der Waals surface area (Å²) in [5, 5.41) is 6.72. The molecule has 0 aliphatic carbocycles. The van der Waals surface area contributed by atoms with Gasteiger partial charge in [0.1, 0.15) is 5.75 Å². The number of benzene rings is 2. The maximum absolute atomic E-state index is 13.0. The van der Waals surface area contributed by atoms with Gasteiger partial charge >= 0.3 is 0 Å². The number of ether oxygens (including phenoxy) is 1. The number of carbonyl (C=O) groups excluding carboxylic acids is 1. The largest absolute Gasteiger partial charge is 1.00 e. The number of unbranched alkanes of at least 4 members (excludes halogenated alkanes) is 11. The second kappa shape index (κ2) is 19.2. The van der Waals surface area contributed by atoms with E-state index < -0.39 is 0 Å². The molecule has 0 saturated heterocycles. The van der Waals surface area contributed by atoms with Gasteiger partial charge in [-0.3, -0.25) is 4.79 Å². The summed E-state index contributed by atoms with van der Waals surface area (Å²) in [5.41, 5.74) is 2.28. The minimum atomic E-state index is -0.220. The van der Waals surface area contributed by atoms with Crippen LogP contribution in [-0.4, -0.2) is 12.5 Å². The average molecular weight is 636 g/mol. The van der Waals surface area contributed by atoms with Crippen LogP contribution in [0.1, 0.15) is 105 Å². The van der Waals surface area contributed by atoms with Crippen molar-refractivity contribution in [1.82, 2.24) is 0 Å². The lowest BCUT2D eigenvalue weighted by Crippen LogP contribution is -3.00. The number of carbonyl (C=O) groups is 1. The number of hydrogen-bond acceptors (Lipinski definition) is 3. The van der Waals surface area contributed by atoms with Crippen LogP contribution in [0.2, 0.25) is 5.02 Å². The Morgan fingerprint density at radius 3 is 2.18 bits per heavy atom. The number of amides is 1. The number of nitrogens with zero attached hydrogens (tertiary/aromatic N) is 1. The highest BCUT2D eigenvalue weighted by Gasteiger charge is 2.16. The Labute approximate surface area is 254 Å². The van der Waals surface area contributed by atoms with Crippen LogP contribution in [-0.2, 0) is 6.54 Å². The van der Waals surface area contributed by atoms with Crippen LogP contribution < -0.4 is 31.6 Å². The van der Waals surface area contributed by atoms with E-state index in [2.05, 4.69) is 35.3 Å². The van der Waals surface area contributed by atoms with Crippen molar-refractivity contribution >= 4 is 34.5 Å². The molecule has 3 aromatic rings. The highest BCUT2D eigenvalue weighted by Crippen LogP contribution is 2.25. The molecule has 214 valence electrons. The normalized spacial score (nSPS) is 10.7. The van der Waals surface area contributed by atoms with E-state index in [1.165, 1.54) is 75.6 Å². The minimum Gasteiger partial charge on any atom is -1.00 e. The molecule has 1 aromatic heterocycles. The van der Waals surface area contributed by atoms with Gasteiger partial charge in [-0.1, -0.05) is 119 Å². The van der Waals surface area contributed by atoms with Crippen LogP contribution in [0.3, 0.4) is 0 Å². The summed E-state index contributed by atoms with van der Waals surface area (Å²) in [6.07, 6.45) is 17.9. The quantitative estimate of drug-likeness (QED) is 0.130. The summed E-state index contributed by atoms with van der Waals surface area (Å²) in [4.78, 5) is 13.0. The average Bonchev–Trinajstić information content (AvgIpc) is 3.32. The summed E-state index contributed by atoms with van der Waals surface area (Å²) in [6, 6.07) is 13.2. The van der Waals surface area contributed by atoms with Crippen molar-refractivity contribution in [3.8, 4) is 5.75 Å². The zero-order chi connectivity index (χ0) is 27.0. The first-order valence-corrected chi connectivity index (χ1v) is 15.6. The molecule has 0 spiro atoms. The molecule has 0 fully saturated rings. The van der Waals surface area contributed by atoms with Gasteiger partial charge in [-0.25, -0.2) is 0 Å². The first kappa shape index (κ1) is 33.3. The van der Waals surface area contributed by atoms with E-state index in [0.29, 0.717) is 29.5 Å². The first-order chi connectivity index (χ1) is 18.6. The molecule has 0 atom stereocenters. The van der Waals surface area contributed by atoms with E-state index in [9.17, 15) is 4.79 Å². The molecule has 1 N–H and O–H groups in total. The van der Waals surface area contributed by atoms with Gasteiger partial charge in [-0.15, -0.1) is 0 Å². The predicted octanol–water partition coefficient (Wildman–Crippen LogP) is 6.38. The van der Waals surface area contributed by atoms with Crippen LogP contribution in [0, 0.1) is 6.92 Å². The Morgan fingerprint density at radius 2 is 1.56 bits per heavy atom. The number of aromatic nitrogens is 1. The zero-order valence-electron chi connectivity index (χ0n) is 23.5. The molecule has 2 aromatic carbocycles. The molecule has 3 rings (SSSR count). The number of thiazole rings is 1. The summed E-state index contributed by atoms with van der Waals surface area (Å²) in [6.45, 7) is 5.73. The Bertz CT molecular complexity index is 1120. The van der Waals surface area contributed by atoms with Crippen LogP contribution in [0.5, 0.6) is 5.75 Å². The molecule has 4 nitrogen and oxygen atoms in total. The van der Waals surface area contributed by atoms with Crippen LogP contribution >= 0.6 is 22.9 Å². The second-order valence-electron chi connectivity index (χ2n) is 10.0. The number of rotatable bonds is 18. The lowest BCUT2D eigenvalue weighted by atomic mass is 10.1. The van der Waals surface area contributed by atoms with E-state index in [4.69, 9.17) is 16.3 Å². The Kier molecular flexibility index (Phi) is 16.4. The number of anilines is 1. The van der Waals surface area contributed by atoms with E-state index >= 15 is 0 Å². The zero-order valence-corrected chi connectivity index (χ0v) is 26.7. The van der Waals surface area contributed by atoms with Crippen molar-refractivity contribution in [3.05, 3.63) is 75.2 Å². The van der Waals surface area contributed by atoms with Gasteiger partial charge in [0.2, 0.25) is 5.01 Å². The molecule has 1 heterocycles. The highest BCUT2D eigenvalue weighted by atomic mass is 79.9. The molecular formula is C32H44BrClN2O2S. The maximum atomic E-state index is 13.0. The summed E-state index contributed by atoms with van der Waals surface area (Å²) >= 11 is 8.19. The number of halogens is 2. The van der Waals surface area contributed by atoms with Gasteiger partial charge in [-0.2, -0.15) is 4.57 Å². The minimum absolute atomic E-state index is 0. The van der Waals surface area contributed by atoms with E-state index in [1.54, 1.807) is 23.5 Å². The molecule has 0 unspecified atom stereocenters. The Morgan fingerprint density at radius 1 is 0.923 bits per heavy atom. The van der Waals surface area contributed by atoms with E-state index in [0.717, 1.165) is 17.7 Å². The maximum Gasteiger partial charge on any atom is 0.257 e. The number of para-hydroxylation sites is 1. The molecule has 1 amide bonds. The molecule has 0 bridgehead atoms. The lowest BCUT2D eigenvalue weighted by molar-refractivity contribution is -0.689. The van der Waals surface area contributed by atoms with E-state index in [-0.39, 0.29) is 22.9 Å².